The average molecular weight is 290 g/mol. The number of pyridine rings is 1. The Morgan fingerprint density at radius 1 is 1.43 bits per heavy atom. The summed E-state index contributed by atoms with van der Waals surface area (Å²) in [7, 11) is 3.99. The van der Waals surface area contributed by atoms with Gasteiger partial charge in [0.15, 0.2) is 0 Å². The Bertz CT molecular complexity index is 481. The van der Waals surface area contributed by atoms with Crippen LogP contribution < -0.4 is 10.6 Å². The van der Waals surface area contributed by atoms with E-state index in [4.69, 9.17) is 0 Å². The molecule has 2 heterocycles. The molecule has 1 fully saturated rings. The van der Waals surface area contributed by atoms with Gasteiger partial charge in [-0.1, -0.05) is 0 Å². The standard InChI is InChI=1S/C16H26N4O/c1-12-10-15(17-2)14(11-19-12)16(21)18-7-4-13-5-8-20(3)9-6-13/h10-11,13H,4-9H2,1-3H3,(H,17,19)(H,18,21). The Labute approximate surface area is 127 Å². The first-order valence-electron chi connectivity index (χ1n) is 7.71. The number of carbonyl (C=O) groups excluding carboxylic acids is 1. The van der Waals surface area contributed by atoms with Gasteiger partial charge in [0, 0.05) is 25.5 Å². The average Bonchev–Trinajstić information content (AvgIpc) is 2.49. The molecule has 2 rings (SSSR count). The van der Waals surface area contributed by atoms with Crippen LogP contribution in [0.5, 0.6) is 0 Å². The molecule has 116 valence electrons. The highest BCUT2D eigenvalue weighted by Crippen LogP contribution is 2.19. The van der Waals surface area contributed by atoms with Crippen LogP contribution in [0, 0.1) is 12.8 Å². The summed E-state index contributed by atoms with van der Waals surface area (Å²) < 4.78 is 0. The molecule has 1 aromatic heterocycles. The monoisotopic (exact) mass is 290 g/mol. The third-order valence-electron chi connectivity index (χ3n) is 4.23. The van der Waals surface area contributed by atoms with E-state index >= 15 is 0 Å². The zero-order chi connectivity index (χ0) is 15.2. The van der Waals surface area contributed by atoms with Crippen molar-refractivity contribution in [3.8, 4) is 0 Å². The van der Waals surface area contributed by atoms with Crippen LogP contribution >= 0.6 is 0 Å². The minimum absolute atomic E-state index is 0.0419. The lowest BCUT2D eigenvalue weighted by Crippen LogP contribution is -2.32. The fourth-order valence-electron chi connectivity index (χ4n) is 2.78. The Kier molecular flexibility index (Phi) is 5.56. The number of rotatable bonds is 5. The molecule has 5 heteroatoms. The number of piperidine rings is 1. The van der Waals surface area contributed by atoms with Gasteiger partial charge in [-0.25, -0.2) is 0 Å². The van der Waals surface area contributed by atoms with Crippen molar-refractivity contribution in [2.45, 2.75) is 26.2 Å². The summed E-state index contributed by atoms with van der Waals surface area (Å²) in [6.07, 6.45) is 5.18. The molecule has 0 radical (unpaired) electrons. The molecular weight excluding hydrogens is 264 g/mol. The van der Waals surface area contributed by atoms with Crippen LogP contribution in [0.15, 0.2) is 12.3 Å². The predicted molar refractivity (Wildman–Crippen MR) is 85.7 cm³/mol. The maximum atomic E-state index is 12.2. The van der Waals surface area contributed by atoms with Crippen LogP contribution in [0.1, 0.15) is 35.3 Å². The molecule has 1 aliphatic heterocycles. The molecule has 0 saturated carbocycles. The summed E-state index contributed by atoms with van der Waals surface area (Å²) in [4.78, 5) is 18.8. The molecule has 21 heavy (non-hydrogen) atoms. The summed E-state index contributed by atoms with van der Waals surface area (Å²) >= 11 is 0. The van der Waals surface area contributed by atoms with Gasteiger partial charge in [0.25, 0.3) is 5.91 Å². The van der Waals surface area contributed by atoms with Crippen molar-refractivity contribution in [1.29, 1.82) is 0 Å². The molecule has 1 amide bonds. The van der Waals surface area contributed by atoms with Crippen molar-refractivity contribution in [2.75, 3.05) is 39.0 Å². The smallest absolute Gasteiger partial charge is 0.254 e. The van der Waals surface area contributed by atoms with Crippen LogP contribution in [0.4, 0.5) is 5.69 Å². The normalized spacial score (nSPS) is 16.7. The molecule has 0 aromatic carbocycles. The number of nitrogens with one attached hydrogen (secondary N) is 2. The van der Waals surface area contributed by atoms with Gasteiger partial charge >= 0.3 is 0 Å². The first-order chi connectivity index (χ1) is 10.1. The fourth-order valence-corrected chi connectivity index (χ4v) is 2.78. The number of carbonyl (C=O) groups is 1. The number of aromatic nitrogens is 1. The second-order valence-electron chi connectivity index (χ2n) is 5.91. The minimum Gasteiger partial charge on any atom is -0.387 e. The van der Waals surface area contributed by atoms with Gasteiger partial charge in [0.1, 0.15) is 0 Å². The SMILES string of the molecule is CNc1cc(C)ncc1C(=O)NCCC1CCN(C)CC1. The van der Waals surface area contributed by atoms with E-state index in [1.165, 1.54) is 25.9 Å². The predicted octanol–water partition coefficient (Wildman–Crippen LogP) is 1.89. The number of aryl methyl sites for hydroxylation is 1. The first kappa shape index (κ1) is 15.8. The summed E-state index contributed by atoms with van der Waals surface area (Å²) in [6.45, 7) is 5.00. The van der Waals surface area contributed by atoms with E-state index in [2.05, 4.69) is 27.6 Å². The molecule has 5 nitrogen and oxygen atoms in total. The van der Waals surface area contributed by atoms with E-state index < -0.39 is 0 Å². The van der Waals surface area contributed by atoms with Crippen molar-refractivity contribution >= 4 is 11.6 Å². The van der Waals surface area contributed by atoms with Crippen molar-refractivity contribution in [2.24, 2.45) is 5.92 Å². The number of likely N-dealkylation sites (tertiary alicyclic amines) is 1. The maximum absolute atomic E-state index is 12.2. The van der Waals surface area contributed by atoms with Crippen molar-refractivity contribution in [1.82, 2.24) is 15.2 Å². The lowest BCUT2D eigenvalue weighted by atomic mass is 9.94. The van der Waals surface area contributed by atoms with Gasteiger partial charge in [-0.3, -0.25) is 9.78 Å². The van der Waals surface area contributed by atoms with Crippen LogP contribution in [0.3, 0.4) is 0 Å². The van der Waals surface area contributed by atoms with Crippen LogP contribution in [-0.4, -0.2) is 49.5 Å². The van der Waals surface area contributed by atoms with Gasteiger partial charge < -0.3 is 15.5 Å². The second-order valence-corrected chi connectivity index (χ2v) is 5.91. The quantitative estimate of drug-likeness (QED) is 0.869. The number of hydrogen-bond acceptors (Lipinski definition) is 4. The van der Waals surface area contributed by atoms with Gasteiger partial charge in [-0.15, -0.1) is 0 Å². The lowest BCUT2D eigenvalue weighted by molar-refractivity contribution is 0.0949. The molecule has 2 N–H and O–H groups in total. The number of anilines is 1. The third kappa shape index (κ3) is 4.43. The Morgan fingerprint density at radius 2 is 2.14 bits per heavy atom. The number of hydrogen-bond donors (Lipinski definition) is 2. The van der Waals surface area contributed by atoms with Gasteiger partial charge in [0.05, 0.1) is 11.3 Å². The number of nitrogens with zero attached hydrogens (tertiary/aromatic N) is 2. The summed E-state index contributed by atoms with van der Waals surface area (Å²) in [5.74, 6) is 0.696. The van der Waals surface area contributed by atoms with Crippen molar-refractivity contribution < 1.29 is 4.79 Å². The summed E-state index contributed by atoms with van der Waals surface area (Å²) in [5, 5.41) is 6.07. The number of amides is 1. The highest BCUT2D eigenvalue weighted by atomic mass is 16.1. The highest BCUT2D eigenvalue weighted by molar-refractivity contribution is 5.99. The first-order valence-corrected chi connectivity index (χ1v) is 7.71. The fraction of sp³-hybridized carbons (Fsp3) is 0.625. The zero-order valence-corrected chi connectivity index (χ0v) is 13.3. The Morgan fingerprint density at radius 3 is 2.81 bits per heavy atom. The van der Waals surface area contributed by atoms with E-state index in [0.29, 0.717) is 5.56 Å². The molecular formula is C16H26N4O. The highest BCUT2D eigenvalue weighted by Gasteiger charge is 2.17. The molecule has 1 aliphatic rings. The van der Waals surface area contributed by atoms with E-state index in [1.807, 2.05) is 20.0 Å². The third-order valence-corrected chi connectivity index (χ3v) is 4.23. The van der Waals surface area contributed by atoms with E-state index in [1.54, 1.807) is 6.20 Å². The zero-order valence-electron chi connectivity index (χ0n) is 13.3. The molecule has 1 aromatic rings. The molecule has 0 unspecified atom stereocenters. The summed E-state index contributed by atoms with van der Waals surface area (Å²) in [6, 6.07) is 1.89. The van der Waals surface area contributed by atoms with Crippen LogP contribution in [0.25, 0.3) is 0 Å². The van der Waals surface area contributed by atoms with Crippen molar-refractivity contribution in [3.05, 3.63) is 23.5 Å². The van der Waals surface area contributed by atoms with Gasteiger partial charge in [0.2, 0.25) is 0 Å². The maximum Gasteiger partial charge on any atom is 0.254 e. The molecule has 0 aliphatic carbocycles. The van der Waals surface area contributed by atoms with Gasteiger partial charge in [-0.05, 0) is 58.3 Å². The van der Waals surface area contributed by atoms with Crippen LogP contribution in [-0.2, 0) is 0 Å². The van der Waals surface area contributed by atoms with E-state index in [-0.39, 0.29) is 5.91 Å². The lowest BCUT2D eigenvalue weighted by Gasteiger charge is -2.28. The Hall–Kier alpha value is -1.62. The molecule has 1 saturated heterocycles. The minimum atomic E-state index is -0.0419. The molecule has 0 spiro atoms. The second kappa shape index (κ2) is 7.41. The molecule has 0 bridgehead atoms. The summed E-state index contributed by atoms with van der Waals surface area (Å²) in [5.41, 5.74) is 2.35. The molecule has 0 atom stereocenters. The van der Waals surface area contributed by atoms with Crippen molar-refractivity contribution in [3.63, 3.8) is 0 Å². The van der Waals surface area contributed by atoms with Crippen LogP contribution in [0.2, 0.25) is 0 Å². The topological polar surface area (TPSA) is 57.3 Å². The van der Waals surface area contributed by atoms with Gasteiger partial charge in [-0.2, -0.15) is 0 Å². The van der Waals surface area contributed by atoms with E-state index in [9.17, 15) is 4.79 Å². The van der Waals surface area contributed by atoms with E-state index in [0.717, 1.165) is 30.3 Å². The largest absolute Gasteiger partial charge is 0.387 e. The Balaban J connectivity index is 1.82.